The van der Waals surface area contributed by atoms with E-state index in [2.05, 4.69) is 211 Å². The number of unbranched alkanes of at least 4 members (excludes halogenated alkanes) is 1. The highest BCUT2D eigenvalue weighted by Crippen LogP contribution is 2.49. The third-order valence-corrected chi connectivity index (χ3v) is 15.3. The number of hydrogen-bond donors (Lipinski definition) is 1. The fourth-order valence-corrected chi connectivity index (χ4v) is 11.7. The Morgan fingerprint density at radius 1 is 0.863 bits per heavy atom. The number of amidine groups is 1. The second kappa shape index (κ2) is 22.0. The molecule has 73 heavy (non-hydrogen) atoms. The van der Waals surface area contributed by atoms with E-state index < -0.39 is 6.67 Å². The molecule has 10 rings (SSSR count). The smallest absolute Gasteiger partial charge is 0.134 e. The van der Waals surface area contributed by atoms with E-state index in [1.165, 1.54) is 41.8 Å². The minimum absolute atomic E-state index is 0.113. The number of halogens is 1. The Labute approximate surface area is 433 Å². The van der Waals surface area contributed by atoms with Gasteiger partial charge in [-0.2, -0.15) is 0 Å². The van der Waals surface area contributed by atoms with Crippen LogP contribution < -0.4 is 20.0 Å². The minimum Gasteiger partial charge on any atom is -0.359 e. The first-order chi connectivity index (χ1) is 35.8. The Balaban J connectivity index is 1.13. The van der Waals surface area contributed by atoms with Crippen LogP contribution in [0.5, 0.6) is 0 Å². The van der Waals surface area contributed by atoms with Crippen molar-refractivity contribution in [1.29, 1.82) is 0 Å². The zero-order valence-corrected chi connectivity index (χ0v) is 42.7. The van der Waals surface area contributed by atoms with Gasteiger partial charge in [0.2, 0.25) is 0 Å². The van der Waals surface area contributed by atoms with Crippen molar-refractivity contribution in [2.24, 2.45) is 16.8 Å². The van der Waals surface area contributed by atoms with E-state index in [0.717, 1.165) is 74.3 Å². The van der Waals surface area contributed by atoms with E-state index in [0.29, 0.717) is 24.7 Å². The number of fused-ring (bicyclic) bond motifs is 6. The van der Waals surface area contributed by atoms with Crippen LogP contribution in [-0.2, 0) is 6.42 Å². The first-order valence-corrected chi connectivity index (χ1v) is 26.3. The fraction of sp³-hybridized carbons (Fsp3) is 0.239. The van der Waals surface area contributed by atoms with Crippen LogP contribution in [0.25, 0.3) is 5.70 Å². The number of hydrogen-bond acceptors (Lipinski definition) is 5. The summed E-state index contributed by atoms with van der Waals surface area (Å²) < 4.78 is 13.9. The molecule has 0 radical (unpaired) electrons. The maximum atomic E-state index is 13.9. The normalized spacial score (nSPS) is 25.4. The van der Waals surface area contributed by atoms with Crippen LogP contribution in [0.1, 0.15) is 75.5 Å². The molecule has 0 saturated heterocycles. The van der Waals surface area contributed by atoms with Crippen molar-refractivity contribution in [3.8, 4) is 0 Å². The summed E-state index contributed by atoms with van der Waals surface area (Å²) in [4.78, 5) is 12.8. The van der Waals surface area contributed by atoms with E-state index in [1.807, 2.05) is 31.2 Å². The topological polar surface area (TPSA) is 34.1 Å². The molecule has 5 nitrogen and oxygen atoms in total. The second-order valence-electron chi connectivity index (χ2n) is 19.8. The van der Waals surface area contributed by atoms with Gasteiger partial charge in [-0.3, -0.25) is 4.39 Å². The number of anilines is 4. The second-order valence-corrected chi connectivity index (χ2v) is 19.8. The summed E-state index contributed by atoms with van der Waals surface area (Å²) >= 11 is 0. The molecule has 0 aromatic heterocycles. The number of aliphatic imine (C=N–C) groups is 1. The molecule has 1 N–H and O–H groups in total. The lowest BCUT2D eigenvalue weighted by molar-refractivity contribution is 0.496. The van der Waals surface area contributed by atoms with E-state index in [9.17, 15) is 4.39 Å². The first-order valence-electron chi connectivity index (χ1n) is 26.3. The van der Waals surface area contributed by atoms with Gasteiger partial charge in [-0.25, -0.2) is 4.99 Å². The lowest BCUT2D eigenvalue weighted by atomic mass is 9.82. The third-order valence-electron chi connectivity index (χ3n) is 15.3. The maximum absolute atomic E-state index is 13.9. The minimum atomic E-state index is -0.416. The molecule has 0 fully saturated rings. The predicted molar refractivity (Wildman–Crippen MR) is 309 cm³/mol. The molecular weight excluding hydrogens is 894 g/mol. The van der Waals surface area contributed by atoms with Crippen molar-refractivity contribution in [1.82, 2.24) is 5.32 Å². The summed E-state index contributed by atoms with van der Waals surface area (Å²) in [5, 5.41) is 3.82. The molecule has 368 valence electrons. The van der Waals surface area contributed by atoms with Gasteiger partial charge in [-0.05, 0) is 122 Å². The van der Waals surface area contributed by atoms with E-state index in [-0.39, 0.29) is 24.0 Å². The molecule has 0 bridgehead atoms. The number of alkyl halides is 1. The summed E-state index contributed by atoms with van der Waals surface area (Å²) in [6, 6.07) is 24.3. The molecule has 4 unspecified atom stereocenters. The summed E-state index contributed by atoms with van der Waals surface area (Å²) in [7, 11) is 0. The summed E-state index contributed by atoms with van der Waals surface area (Å²) in [5.74, 6) is 1.86. The summed E-state index contributed by atoms with van der Waals surface area (Å²) in [6.45, 7) is 19.2. The molecule has 7 aliphatic rings. The molecule has 6 atom stereocenters. The molecule has 3 aromatic carbocycles. The number of para-hydroxylation sites is 2. The van der Waals surface area contributed by atoms with Gasteiger partial charge in [-0.1, -0.05) is 179 Å². The number of benzene rings is 3. The van der Waals surface area contributed by atoms with Crippen LogP contribution in [-0.4, -0.2) is 30.6 Å². The Hall–Kier alpha value is -7.70. The Bertz CT molecular complexity index is 3130. The summed E-state index contributed by atoms with van der Waals surface area (Å²) in [6.07, 6.45) is 51.5. The number of nitrogens with zero attached hydrogens (tertiary/aromatic N) is 4. The molecule has 4 heterocycles. The van der Waals surface area contributed by atoms with E-state index >= 15 is 0 Å². The average molecular weight is 962 g/mol. The van der Waals surface area contributed by atoms with Crippen molar-refractivity contribution < 1.29 is 4.39 Å². The number of rotatable bonds is 15. The molecule has 3 aromatic rings. The first kappa shape index (κ1) is 48.9. The average Bonchev–Trinajstić information content (AvgIpc) is 3.96. The summed E-state index contributed by atoms with van der Waals surface area (Å²) in [5.41, 5.74) is 16.3. The lowest BCUT2D eigenvalue weighted by Gasteiger charge is -2.33. The predicted octanol–water partition coefficient (Wildman–Crippen LogP) is 16.2. The van der Waals surface area contributed by atoms with Gasteiger partial charge in [0.25, 0.3) is 0 Å². The molecule has 0 spiro atoms. The molecular formula is C67H68FN5. The van der Waals surface area contributed by atoms with Gasteiger partial charge < -0.3 is 20.0 Å². The maximum Gasteiger partial charge on any atom is 0.134 e. The zero-order chi connectivity index (χ0) is 50.4. The Morgan fingerprint density at radius 2 is 1.63 bits per heavy atom. The highest BCUT2D eigenvalue weighted by atomic mass is 19.1. The van der Waals surface area contributed by atoms with E-state index in [1.54, 1.807) is 6.08 Å². The van der Waals surface area contributed by atoms with Crippen molar-refractivity contribution in [3.63, 3.8) is 0 Å². The van der Waals surface area contributed by atoms with Crippen molar-refractivity contribution in [3.05, 3.63) is 270 Å². The van der Waals surface area contributed by atoms with Crippen LogP contribution in [0, 0.1) is 11.8 Å². The Morgan fingerprint density at radius 3 is 2.42 bits per heavy atom. The number of allylic oxidation sites excluding steroid dienone is 16. The van der Waals surface area contributed by atoms with Crippen LogP contribution in [0.3, 0.4) is 0 Å². The molecule has 0 amide bonds. The van der Waals surface area contributed by atoms with Crippen LogP contribution in [0.15, 0.2) is 258 Å². The molecule has 6 heteroatoms. The van der Waals surface area contributed by atoms with Crippen molar-refractivity contribution in [2.45, 2.75) is 83.3 Å². The van der Waals surface area contributed by atoms with E-state index in [4.69, 9.17) is 11.6 Å². The van der Waals surface area contributed by atoms with Crippen LogP contribution in [0.4, 0.5) is 27.1 Å². The Kier molecular flexibility index (Phi) is 14.7. The van der Waals surface area contributed by atoms with Crippen LogP contribution in [0.2, 0.25) is 0 Å². The molecule has 4 aliphatic heterocycles. The van der Waals surface area contributed by atoms with Gasteiger partial charge in [0.05, 0.1) is 30.5 Å². The standard InChI is InChI=1S/C67H68FN5/c1-7-11-21-49-35-38-66-59(41-49)58-26-16-20-30-65(58)73(66)55-43-53(42-54(44-55)71-46(5)31-33-48(39-40-68)34-37-52-23-13-17-27-62(52)71)61-45-60(69-67(70-61)51(10-4)22-12-8-2)50(9-3)36-32-47(6)72-63-28-18-14-24-56(63)57-25-15-19-29-64(57)72/h8-10,12-20,22-36,38,42-45,49,56,58,60,63,65H,2-3,5,7,11,21,37,39-41H2,1,4,6H3,(H,69,70)/b22-12-,33-31-,47-32+,48-34+,50-36+,51-10+/t49?,56?,58-,60?,63+,65?/m0/s1. The number of nitrogens with one attached hydrogen (secondary N) is 1. The van der Waals surface area contributed by atoms with Gasteiger partial charge in [0.15, 0.2) is 0 Å². The zero-order valence-electron chi connectivity index (χ0n) is 42.7. The van der Waals surface area contributed by atoms with Gasteiger partial charge in [0, 0.05) is 69.2 Å². The molecule has 0 saturated carbocycles. The largest absolute Gasteiger partial charge is 0.359 e. The quantitative estimate of drug-likeness (QED) is 0.154. The SMILES string of the molecule is C=C/C=C\C(=C/C)C1=NC(c2cc(N3C(=C)/C=C\C(CCF)=C/Cc4ccccc43)cc(N3C4=C(CC(CCCC)C=C4)[C@@H]4C=CC=CC43)c2)=CC(/C(C=C)=C/C=C(\C)N2c3ccccc3C3C=CC=C[C@H]32)N1. The van der Waals surface area contributed by atoms with Crippen molar-refractivity contribution in [2.75, 3.05) is 21.4 Å². The monoisotopic (exact) mass is 962 g/mol. The van der Waals surface area contributed by atoms with Gasteiger partial charge >= 0.3 is 0 Å². The van der Waals surface area contributed by atoms with Gasteiger partial charge in [-0.15, -0.1) is 0 Å². The highest BCUT2D eigenvalue weighted by molar-refractivity contribution is 6.05. The lowest BCUT2D eigenvalue weighted by Crippen LogP contribution is -2.38. The highest BCUT2D eigenvalue weighted by Gasteiger charge is 2.41. The van der Waals surface area contributed by atoms with Crippen molar-refractivity contribution >= 4 is 34.3 Å². The fourth-order valence-electron chi connectivity index (χ4n) is 11.7. The van der Waals surface area contributed by atoms with Crippen LogP contribution >= 0.6 is 0 Å². The third kappa shape index (κ3) is 9.83. The van der Waals surface area contributed by atoms with Gasteiger partial charge in [0.1, 0.15) is 5.84 Å². The molecule has 3 aliphatic carbocycles.